The van der Waals surface area contributed by atoms with Crippen LogP contribution >= 0.6 is 11.8 Å². The van der Waals surface area contributed by atoms with E-state index in [0.717, 1.165) is 6.42 Å². The molecule has 0 aromatic heterocycles. The number of nitrogens with one attached hydrogen (secondary N) is 1. The number of thioether (sulfide) groups is 1. The van der Waals surface area contributed by atoms with Crippen LogP contribution < -0.4 is 5.32 Å². The van der Waals surface area contributed by atoms with Crippen LogP contribution in [0.5, 0.6) is 0 Å². The van der Waals surface area contributed by atoms with Crippen molar-refractivity contribution >= 4 is 23.8 Å². The molecule has 2 amide bonds. The summed E-state index contributed by atoms with van der Waals surface area (Å²) >= 11 is 1.54. The summed E-state index contributed by atoms with van der Waals surface area (Å²) < 4.78 is 0. The fourth-order valence-electron chi connectivity index (χ4n) is 1.37. The van der Waals surface area contributed by atoms with Crippen LogP contribution in [-0.2, 0) is 4.79 Å². The van der Waals surface area contributed by atoms with Crippen molar-refractivity contribution in [2.75, 3.05) is 25.1 Å². The van der Waals surface area contributed by atoms with Gasteiger partial charge >= 0.3 is 12.0 Å². The lowest BCUT2D eigenvalue weighted by molar-refractivity contribution is -0.139. The van der Waals surface area contributed by atoms with Crippen molar-refractivity contribution in [2.24, 2.45) is 0 Å². The predicted molar refractivity (Wildman–Crippen MR) is 73.7 cm³/mol. The second kappa shape index (κ2) is 9.66. The van der Waals surface area contributed by atoms with Gasteiger partial charge in [-0.05, 0) is 24.9 Å². The molecule has 0 aromatic rings. The van der Waals surface area contributed by atoms with Gasteiger partial charge in [0.25, 0.3) is 0 Å². The highest BCUT2D eigenvalue weighted by Gasteiger charge is 2.21. The molecule has 0 aliphatic heterocycles. The smallest absolute Gasteiger partial charge is 0.326 e. The third kappa shape index (κ3) is 6.40. The minimum absolute atomic E-state index is 0.189. The molecule has 2 N–H and O–H groups in total. The molecule has 102 valence electrons. The molecule has 0 saturated heterocycles. The van der Waals surface area contributed by atoms with Crippen LogP contribution in [0, 0.1) is 12.3 Å². The topological polar surface area (TPSA) is 69.6 Å². The van der Waals surface area contributed by atoms with Gasteiger partial charge in [0, 0.05) is 6.54 Å². The van der Waals surface area contributed by atoms with Crippen molar-refractivity contribution in [3.8, 4) is 12.3 Å². The molecular weight excluding hydrogens is 252 g/mol. The molecule has 0 radical (unpaired) electrons. The number of aliphatic carboxylic acids is 1. The van der Waals surface area contributed by atoms with Crippen molar-refractivity contribution in [1.82, 2.24) is 10.2 Å². The van der Waals surface area contributed by atoms with Crippen LogP contribution in [0.2, 0.25) is 0 Å². The van der Waals surface area contributed by atoms with E-state index in [1.165, 1.54) is 4.90 Å². The first-order chi connectivity index (χ1) is 8.56. The Morgan fingerprint density at radius 2 is 2.22 bits per heavy atom. The second-order valence-electron chi connectivity index (χ2n) is 3.75. The Morgan fingerprint density at radius 3 is 2.67 bits per heavy atom. The largest absolute Gasteiger partial charge is 0.480 e. The van der Waals surface area contributed by atoms with Gasteiger partial charge in [-0.2, -0.15) is 11.8 Å². The van der Waals surface area contributed by atoms with Crippen LogP contribution in [0.3, 0.4) is 0 Å². The minimum atomic E-state index is -1.02. The lowest BCUT2D eigenvalue weighted by Gasteiger charge is -2.22. The van der Waals surface area contributed by atoms with E-state index in [4.69, 9.17) is 11.5 Å². The molecule has 0 aromatic carbocycles. The van der Waals surface area contributed by atoms with E-state index in [2.05, 4.69) is 11.2 Å². The number of urea groups is 1. The van der Waals surface area contributed by atoms with E-state index in [0.29, 0.717) is 18.7 Å². The summed E-state index contributed by atoms with van der Waals surface area (Å²) in [6.07, 6.45) is 8.24. The second-order valence-corrected chi connectivity index (χ2v) is 4.73. The number of carbonyl (C=O) groups is 2. The number of hydrogen-bond acceptors (Lipinski definition) is 3. The molecular formula is C12H20N2O3S. The highest BCUT2D eigenvalue weighted by Crippen LogP contribution is 2.02. The average Bonchev–Trinajstić information content (AvgIpc) is 2.33. The Labute approximate surface area is 112 Å². The van der Waals surface area contributed by atoms with Crippen molar-refractivity contribution in [3.63, 3.8) is 0 Å². The summed E-state index contributed by atoms with van der Waals surface area (Å²) in [7, 11) is 0. The van der Waals surface area contributed by atoms with Crippen LogP contribution in [0.15, 0.2) is 0 Å². The molecule has 0 bridgehead atoms. The first kappa shape index (κ1) is 16.6. The van der Waals surface area contributed by atoms with Gasteiger partial charge in [0.2, 0.25) is 0 Å². The number of carbonyl (C=O) groups excluding carboxylic acids is 1. The maximum atomic E-state index is 11.9. The number of carboxylic acids is 1. The SMILES string of the molecule is C#CCN(CCC)C(=O)N[C@H](CCSC)C(=O)O. The molecule has 0 heterocycles. The lowest BCUT2D eigenvalue weighted by Crippen LogP contribution is -2.48. The number of hydrogen-bond donors (Lipinski definition) is 2. The van der Waals surface area contributed by atoms with Crippen LogP contribution in [-0.4, -0.2) is 53.1 Å². The Hall–Kier alpha value is -1.35. The van der Waals surface area contributed by atoms with E-state index >= 15 is 0 Å². The van der Waals surface area contributed by atoms with E-state index in [1.807, 2.05) is 13.2 Å². The zero-order chi connectivity index (χ0) is 14.0. The van der Waals surface area contributed by atoms with Crippen molar-refractivity contribution in [3.05, 3.63) is 0 Å². The first-order valence-corrected chi connectivity index (χ1v) is 7.16. The van der Waals surface area contributed by atoms with Gasteiger partial charge in [0.15, 0.2) is 0 Å². The number of carboxylic acid groups (broad SMARTS) is 1. The van der Waals surface area contributed by atoms with Gasteiger partial charge < -0.3 is 15.3 Å². The number of nitrogens with zero attached hydrogens (tertiary/aromatic N) is 1. The fraction of sp³-hybridized carbons (Fsp3) is 0.667. The van der Waals surface area contributed by atoms with Gasteiger partial charge in [-0.15, -0.1) is 6.42 Å². The molecule has 1 atom stereocenters. The maximum absolute atomic E-state index is 11.9. The van der Waals surface area contributed by atoms with E-state index in [1.54, 1.807) is 11.8 Å². The number of amides is 2. The molecule has 0 fully saturated rings. The Morgan fingerprint density at radius 1 is 1.56 bits per heavy atom. The van der Waals surface area contributed by atoms with Crippen molar-refractivity contribution in [1.29, 1.82) is 0 Å². The average molecular weight is 272 g/mol. The van der Waals surface area contributed by atoms with E-state index < -0.39 is 18.0 Å². The Kier molecular flexibility index (Phi) is 8.93. The number of terminal acetylenes is 1. The summed E-state index contributed by atoms with van der Waals surface area (Å²) in [6.45, 7) is 2.64. The quantitative estimate of drug-likeness (QED) is 0.652. The third-order valence-corrected chi connectivity index (χ3v) is 2.91. The summed E-state index contributed by atoms with van der Waals surface area (Å²) in [5.74, 6) is 2.05. The monoisotopic (exact) mass is 272 g/mol. The fourth-order valence-corrected chi connectivity index (χ4v) is 1.84. The Bertz CT molecular complexity index is 315. The van der Waals surface area contributed by atoms with Gasteiger partial charge in [-0.1, -0.05) is 12.8 Å². The van der Waals surface area contributed by atoms with Crippen LogP contribution in [0.4, 0.5) is 4.79 Å². The maximum Gasteiger partial charge on any atom is 0.326 e. The lowest BCUT2D eigenvalue weighted by atomic mass is 10.2. The molecule has 0 rings (SSSR count). The summed E-state index contributed by atoms with van der Waals surface area (Å²) in [4.78, 5) is 24.3. The molecule has 0 aliphatic rings. The molecule has 0 spiro atoms. The Balaban J connectivity index is 4.45. The van der Waals surface area contributed by atoms with Crippen LogP contribution in [0.1, 0.15) is 19.8 Å². The van der Waals surface area contributed by atoms with Gasteiger partial charge in [-0.3, -0.25) is 0 Å². The highest BCUT2D eigenvalue weighted by molar-refractivity contribution is 7.98. The number of rotatable bonds is 8. The molecule has 0 unspecified atom stereocenters. The minimum Gasteiger partial charge on any atom is -0.480 e. The van der Waals surface area contributed by atoms with E-state index in [9.17, 15) is 9.59 Å². The van der Waals surface area contributed by atoms with Gasteiger partial charge in [-0.25, -0.2) is 9.59 Å². The van der Waals surface area contributed by atoms with Crippen LogP contribution in [0.25, 0.3) is 0 Å². The molecule has 0 aliphatic carbocycles. The first-order valence-electron chi connectivity index (χ1n) is 5.77. The van der Waals surface area contributed by atoms with E-state index in [-0.39, 0.29) is 6.54 Å². The van der Waals surface area contributed by atoms with Crippen molar-refractivity contribution < 1.29 is 14.7 Å². The van der Waals surface area contributed by atoms with Crippen molar-refractivity contribution in [2.45, 2.75) is 25.8 Å². The zero-order valence-corrected chi connectivity index (χ0v) is 11.6. The predicted octanol–water partition coefficient (Wildman–Crippen LogP) is 1.25. The molecule has 0 saturated carbocycles. The summed E-state index contributed by atoms with van der Waals surface area (Å²) in [5.41, 5.74) is 0. The van der Waals surface area contributed by atoms with Gasteiger partial charge in [0.05, 0.1) is 6.54 Å². The normalized spacial score (nSPS) is 11.4. The molecule has 18 heavy (non-hydrogen) atoms. The summed E-state index contributed by atoms with van der Waals surface area (Å²) in [6, 6.07) is -1.27. The molecule has 6 heteroatoms. The summed E-state index contributed by atoms with van der Waals surface area (Å²) in [5, 5.41) is 11.5. The third-order valence-electron chi connectivity index (χ3n) is 2.27. The standard InChI is InChI=1S/C12H20N2O3S/c1-4-7-14(8-5-2)12(17)13-10(11(15)16)6-9-18-3/h1,10H,5-9H2,2-3H3,(H,13,17)(H,15,16)/t10-/m1/s1. The van der Waals surface area contributed by atoms with Gasteiger partial charge in [0.1, 0.15) is 6.04 Å². The molecule has 5 nitrogen and oxygen atoms in total. The zero-order valence-electron chi connectivity index (χ0n) is 10.8. The highest BCUT2D eigenvalue weighted by atomic mass is 32.2.